The molecule has 0 aliphatic carbocycles. The van der Waals surface area contributed by atoms with E-state index in [4.69, 9.17) is 0 Å². The summed E-state index contributed by atoms with van der Waals surface area (Å²) in [5.41, 5.74) is 0. The minimum Gasteiger partial charge on any atom is -0.348 e. The Morgan fingerprint density at radius 2 is 1.81 bits per heavy atom. The Hall–Kier alpha value is -1.31. The van der Waals surface area contributed by atoms with Crippen LogP contribution in [-0.4, -0.2) is 79.5 Å². The van der Waals surface area contributed by atoms with Crippen LogP contribution in [0.2, 0.25) is 0 Å². The Kier molecular flexibility index (Phi) is 6.00. The van der Waals surface area contributed by atoms with E-state index >= 15 is 0 Å². The predicted octanol–water partition coefficient (Wildman–Crippen LogP) is 0.807. The van der Waals surface area contributed by atoms with Gasteiger partial charge >= 0.3 is 6.18 Å². The zero-order valence-electron chi connectivity index (χ0n) is 12.6. The molecule has 8 heteroatoms. The van der Waals surface area contributed by atoms with Crippen molar-refractivity contribution in [2.75, 3.05) is 46.8 Å². The standard InChI is InChI=1S/C13H22F3N3O2/c1-10(20)19-7-6-18(5-4-13(14,15)16)8-11(9-19)12(21)17(2)3/h11H,4-9H2,1-3H3. The molecular formula is C13H22F3N3O2. The number of carbonyl (C=O) groups is 2. The maximum Gasteiger partial charge on any atom is 0.390 e. The molecule has 1 heterocycles. The number of carbonyl (C=O) groups excluding carboxylic acids is 2. The second kappa shape index (κ2) is 7.11. The number of nitrogens with zero attached hydrogens (tertiary/aromatic N) is 3. The van der Waals surface area contributed by atoms with Gasteiger partial charge in [-0.15, -0.1) is 0 Å². The summed E-state index contributed by atoms with van der Waals surface area (Å²) in [6.45, 7) is 2.47. The Balaban J connectivity index is 2.75. The molecular weight excluding hydrogens is 287 g/mol. The van der Waals surface area contributed by atoms with Gasteiger partial charge in [0.25, 0.3) is 0 Å². The number of halogens is 3. The van der Waals surface area contributed by atoms with Gasteiger partial charge in [0.2, 0.25) is 11.8 Å². The fraction of sp³-hybridized carbons (Fsp3) is 0.846. The third kappa shape index (κ3) is 5.91. The molecule has 21 heavy (non-hydrogen) atoms. The highest BCUT2D eigenvalue weighted by Crippen LogP contribution is 2.21. The van der Waals surface area contributed by atoms with Gasteiger partial charge in [0, 0.05) is 53.7 Å². The monoisotopic (exact) mass is 309 g/mol. The molecule has 0 saturated carbocycles. The molecule has 2 amide bonds. The Bertz CT molecular complexity index is 385. The van der Waals surface area contributed by atoms with Crippen LogP contribution in [0.15, 0.2) is 0 Å². The third-order valence-electron chi connectivity index (χ3n) is 3.55. The van der Waals surface area contributed by atoms with Crippen LogP contribution in [0.3, 0.4) is 0 Å². The smallest absolute Gasteiger partial charge is 0.348 e. The van der Waals surface area contributed by atoms with Gasteiger partial charge in [0.05, 0.1) is 12.3 Å². The van der Waals surface area contributed by atoms with E-state index in [1.165, 1.54) is 16.7 Å². The first-order chi connectivity index (χ1) is 9.60. The zero-order valence-corrected chi connectivity index (χ0v) is 12.6. The molecule has 1 unspecified atom stereocenters. The molecule has 1 aliphatic rings. The molecule has 0 aromatic heterocycles. The SMILES string of the molecule is CC(=O)N1CCN(CCC(F)(F)F)CC(C(=O)N(C)C)C1. The van der Waals surface area contributed by atoms with Crippen molar-refractivity contribution in [1.82, 2.24) is 14.7 Å². The van der Waals surface area contributed by atoms with Gasteiger partial charge in [0.1, 0.15) is 0 Å². The molecule has 5 nitrogen and oxygen atoms in total. The van der Waals surface area contributed by atoms with E-state index < -0.39 is 18.5 Å². The largest absolute Gasteiger partial charge is 0.390 e. The zero-order chi connectivity index (χ0) is 16.2. The molecule has 0 spiro atoms. The quantitative estimate of drug-likeness (QED) is 0.775. The maximum absolute atomic E-state index is 12.3. The predicted molar refractivity (Wildman–Crippen MR) is 71.6 cm³/mol. The number of hydrogen-bond acceptors (Lipinski definition) is 3. The Morgan fingerprint density at radius 1 is 1.19 bits per heavy atom. The molecule has 1 fully saturated rings. The van der Waals surface area contributed by atoms with Gasteiger partial charge in [-0.1, -0.05) is 0 Å². The van der Waals surface area contributed by atoms with Crippen molar-refractivity contribution in [3.8, 4) is 0 Å². The highest BCUT2D eigenvalue weighted by molar-refractivity contribution is 5.80. The fourth-order valence-electron chi connectivity index (χ4n) is 2.38. The number of hydrogen-bond donors (Lipinski definition) is 0. The summed E-state index contributed by atoms with van der Waals surface area (Å²) in [4.78, 5) is 28.2. The lowest BCUT2D eigenvalue weighted by molar-refractivity contribution is -0.139. The van der Waals surface area contributed by atoms with Crippen molar-refractivity contribution in [3.63, 3.8) is 0 Å². The summed E-state index contributed by atoms with van der Waals surface area (Å²) in [5, 5.41) is 0. The molecule has 0 N–H and O–H groups in total. The summed E-state index contributed by atoms with van der Waals surface area (Å²) in [7, 11) is 3.21. The van der Waals surface area contributed by atoms with E-state index in [2.05, 4.69) is 0 Å². The molecule has 1 aliphatic heterocycles. The van der Waals surface area contributed by atoms with Crippen molar-refractivity contribution in [3.05, 3.63) is 0 Å². The number of rotatable bonds is 3. The van der Waals surface area contributed by atoms with Gasteiger partial charge in [-0.25, -0.2) is 0 Å². The Labute approximate surface area is 122 Å². The highest BCUT2D eigenvalue weighted by atomic mass is 19.4. The molecule has 1 saturated heterocycles. The molecule has 0 aromatic carbocycles. The highest BCUT2D eigenvalue weighted by Gasteiger charge is 2.32. The number of alkyl halides is 3. The van der Waals surface area contributed by atoms with E-state index in [1.807, 2.05) is 0 Å². The van der Waals surface area contributed by atoms with E-state index in [0.29, 0.717) is 13.1 Å². The van der Waals surface area contributed by atoms with Crippen LogP contribution in [0.25, 0.3) is 0 Å². The van der Waals surface area contributed by atoms with Gasteiger partial charge in [-0.2, -0.15) is 13.2 Å². The average Bonchev–Trinajstić information content (AvgIpc) is 2.57. The van der Waals surface area contributed by atoms with Gasteiger partial charge in [-0.3, -0.25) is 9.59 Å². The van der Waals surface area contributed by atoms with E-state index in [0.717, 1.165) is 0 Å². The van der Waals surface area contributed by atoms with Crippen molar-refractivity contribution >= 4 is 11.8 Å². The second-order valence-corrected chi connectivity index (χ2v) is 5.56. The number of amides is 2. The fourth-order valence-corrected chi connectivity index (χ4v) is 2.38. The van der Waals surface area contributed by atoms with Gasteiger partial charge < -0.3 is 14.7 Å². The van der Waals surface area contributed by atoms with Crippen molar-refractivity contribution in [2.45, 2.75) is 19.5 Å². The van der Waals surface area contributed by atoms with Crippen LogP contribution < -0.4 is 0 Å². The first kappa shape index (κ1) is 17.7. The molecule has 0 aromatic rings. The summed E-state index contributed by atoms with van der Waals surface area (Å²) in [6.07, 6.45) is -5.12. The summed E-state index contributed by atoms with van der Waals surface area (Å²) in [5.74, 6) is -0.816. The van der Waals surface area contributed by atoms with Crippen molar-refractivity contribution in [2.24, 2.45) is 5.92 Å². The first-order valence-corrected chi connectivity index (χ1v) is 6.86. The van der Waals surface area contributed by atoms with Crippen LogP contribution in [0.4, 0.5) is 13.2 Å². The second-order valence-electron chi connectivity index (χ2n) is 5.56. The summed E-state index contributed by atoms with van der Waals surface area (Å²) in [6, 6.07) is 0. The molecule has 1 atom stereocenters. The molecule has 1 rings (SSSR count). The lowest BCUT2D eigenvalue weighted by Crippen LogP contribution is -2.42. The van der Waals surface area contributed by atoms with E-state index in [9.17, 15) is 22.8 Å². The van der Waals surface area contributed by atoms with Gasteiger partial charge in [0.15, 0.2) is 0 Å². The molecule has 122 valence electrons. The lowest BCUT2D eigenvalue weighted by Gasteiger charge is -2.25. The summed E-state index contributed by atoms with van der Waals surface area (Å²) < 4.78 is 37.0. The van der Waals surface area contributed by atoms with Crippen LogP contribution in [0, 0.1) is 5.92 Å². The maximum atomic E-state index is 12.3. The average molecular weight is 309 g/mol. The van der Waals surface area contributed by atoms with Crippen molar-refractivity contribution in [1.29, 1.82) is 0 Å². The van der Waals surface area contributed by atoms with Gasteiger partial charge in [-0.05, 0) is 0 Å². The van der Waals surface area contributed by atoms with E-state index in [-0.39, 0.29) is 31.4 Å². The minimum atomic E-state index is -4.21. The van der Waals surface area contributed by atoms with Crippen LogP contribution in [0.5, 0.6) is 0 Å². The summed E-state index contributed by atoms with van der Waals surface area (Å²) >= 11 is 0. The van der Waals surface area contributed by atoms with Crippen LogP contribution in [-0.2, 0) is 9.59 Å². The van der Waals surface area contributed by atoms with Crippen LogP contribution >= 0.6 is 0 Å². The van der Waals surface area contributed by atoms with E-state index in [1.54, 1.807) is 19.0 Å². The van der Waals surface area contributed by atoms with Crippen LogP contribution in [0.1, 0.15) is 13.3 Å². The lowest BCUT2D eigenvalue weighted by atomic mass is 10.1. The topological polar surface area (TPSA) is 43.9 Å². The normalized spacial score (nSPS) is 21.0. The minimum absolute atomic E-state index is 0.146. The molecule has 0 bridgehead atoms. The third-order valence-corrected chi connectivity index (χ3v) is 3.55. The van der Waals surface area contributed by atoms with Crippen molar-refractivity contribution < 1.29 is 22.8 Å². The molecule has 0 radical (unpaired) electrons. The first-order valence-electron chi connectivity index (χ1n) is 6.86. The Morgan fingerprint density at radius 3 is 2.29 bits per heavy atom.